The Bertz CT molecular complexity index is 550. The second-order valence-electron chi connectivity index (χ2n) is 7.59. The molecule has 2 saturated carbocycles. The molecule has 0 aromatic carbocycles. The van der Waals surface area contributed by atoms with Crippen LogP contribution in [0.15, 0.2) is 12.2 Å². The van der Waals surface area contributed by atoms with Crippen LogP contribution in [0, 0.1) is 23.7 Å². The van der Waals surface area contributed by atoms with Crippen LogP contribution in [0.2, 0.25) is 0 Å². The van der Waals surface area contributed by atoms with Crippen LogP contribution in [0.3, 0.4) is 0 Å². The van der Waals surface area contributed by atoms with E-state index < -0.39 is 0 Å². The molecule has 4 atom stereocenters. The van der Waals surface area contributed by atoms with E-state index in [2.05, 4.69) is 22.8 Å². The predicted octanol–water partition coefficient (Wildman–Crippen LogP) is 1.77. The molecule has 0 unspecified atom stereocenters. The molecule has 4 aliphatic carbocycles. The summed E-state index contributed by atoms with van der Waals surface area (Å²) in [6.07, 6.45) is 11.7. The van der Waals surface area contributed by atoms with Gasteiger partial charge in [-0.1, -0.05) is 31.4 Å². The maximum Gasteiger partial charge on any atom is 0.316 e. The number of hydrogen-bond donors (Lipinski definition) is 2. The van der Waals surface area contributed by atoms with Crippen molar-refractivity contribution < 1.29 is 14.4 Å². The van der Waals surface area contributed by atoms with Gasteiger partial charge in [-0.05, 0) is 37.5 Å². The van der Waals surface area contributed by atoms with E-state index in [0.29, 0.717) is 0 Å². The first-order valence-corrected chi connectivity index (χ1v) is 9.23. The first-order chi connectivity index (χ1) is 11.6. The number of imide groups is 1. The zero-order valence-corrected chi connectivity index (χ0v) is 13.9. The van der Waals surface area contributed by atoms with Gasteiger partial charge in [-0.3, -0.25) is 14.5 Å². The van der Waals surface area contributed by atoms with Crippen LogP contribution in [0.1, 0.15) is 44.9 Å². The molecule has 2 N–H and O–H groups in total. The fourth-order valence-corrected chi connectivity index (χ4v) is 4.93. The summed E-state index contributed by atoms with van der Waals surface area (Å²) < 4.78 is 0. The quantitative estimate of drug-likeness (QED) is 0.611. The lowest BCUT2D eigenvalue weighted by molar-refractivity contribution is -0.140. The topological polar surface area (TPSA) is 78.5 Å². The maximum absolute atomic E-state index is 12.6. The Morgan fingerprint density at radius 1 is 0.958 bits per heavy atom. The third kappa shape index (κ3) is 2.62. The average molecular weight is 331 g/mol. The van der Waals surface area contributed by atoms with Crippen molar-refractivity contribution in [2.24, 2.45) is 23.7 Å². The summed E-state index contributed by atoms with van der Waals surface area (Å²) in [4.78, 5) is 38.6. The van der Waals surface area contributed by atoms with Gasteiger partial charge in [0.05, 0.1) is 11.8 Å². The molecule has 0 spiro atoms. The van der Waals surface area contributed by atoms with Crippen molar-refractivity contribution in [3.8, 4) is 0 Å². The lowest BCUT2D eigenvalue weighted by atomic mass is 9.63. The monoisotopic (exact) mass is 331 g/mol. The van der Waals surface area contributed by atoms with E-state index in [0.717, 1.165) is 38.5 Å². The number of carbonyl (C=O) groups is 3. The third-order valence-corrected chi connectivity index (χ3v) is 6.19. The van der Waals surface area contributed by atoms with Crippen molar-refractivity contribution in [2.75, 3.05) is 6.67 Å². The van der Waals surface area contributed by atoms with Crippen LogP contribution in [-0.4, -0.2) is 35.5 Å². The smallest absolute Gasteiger partial charge is 0.316 e. The molecule has 5 rings (SSSR count). The summed E-state index contributed by atoms with van der Waals surface area (Å²) in [5.74, 6) is -0.243. The van der Waals surface area contributed by atoms with Gasteiger partial charge in [-0.15, -0.1) is 0 Å². The summed E-state index contributed by atoms with van der Waals surface area (Å²) in [5, 5.41) is 5.66. The number of allylic oxidation sites excluding steroid dienone is 2. The number of nitrogens with one attached hydrogen (secondary N) is 2. The van der Waals surface area contributed by atoms with Crippen molar-refractivity contribution in [2.45, 2.75) is 51.0 Å². The lowest BCUT2D eigenvalue weighted by Crippen LogP contribution is -2.48. The zero-order chi connectivity index (χ0) is 16.7. The Morgan fingerprint density at radius 2 is 1.54 bits per heavy atom. The van der Waals surface area contributed by atoms with Crippen molar-refractivity contribution in [3.63, 3.8) is 0 Å². The normalized spacial score (nSPS) is 35.2. The molecule has 0 radical (unpaired) electrons. The molecular weight excluding hydrogens is 306 g/mol. The Balaban J connectivity index is 1.34. The van der Waals surface area contributed by atoms with Gasteiger partial charge in [0.2, 0.25) is 11.8 Å². The highest BCUT2D eigenvalue weighted by Gasteiger charge is 2.56. The summed E-state index contributed by atoms with van der Waals surface area (Å²) in [5.41, 5.74) is 0. The number of likely N-dealkylation sites (tertiary alicyclic amines) is 1. The molecule has 0 aromatic heterocycles. The average Bonchev–Trinajstić information content (AvgIpc) is 2.88. The Labute approximate surface area is 142 Å². The minimum absolute atomic E-state index is 0.0113. The molecule has 4 amide bonds. The number of urea groups is 1. The number of carbonyl (C=O) groups excluding carboxylic acids is 3. The minimum atomic E-state index is -0.279. The highest BCUT2D eigenvalue weighted by atomic mass is 16.2. The fraction of sp³-hybridized carbons (Fsp3) is 0.722. The van der Waals surface area contributed by atoms with E-state index in [9.17, 15) is 14.4 Å². The van der Waals surface area contributed by atoms with Crippen LogP contribution in [0.25, 0.3) is 0 Å². The van der Waals surface area contributed by atoms with Crippen LogP contribution >= 0.6 is 0 Å². The van der Waals surface area contributed by atoms with Crippen LogP contribution in [0.4, 0.5) is 4.79 Å². The first-order valence-electron chi connectivity index (χ1n) is 9.23. The van der Waals surface area contributed by atoms with Crippen LogP contribution in [-0.2, 0) is 9.59 Å². The second-order valence-corrected chi connectivity index (χ2v) is 7.59. The highest BCUT2D eigenvalue weighted by Crippen LogP contribution is 2.49. The van der Waals surface area contributed by atoms with E-state index in [-0.39, 0.29) is 54.2 Å². The molecule has 130 valence electrons. The Kier molecular flexibility index (Phi) is 4.06. The van der Waals surface area contributed by atoms with Gasteiger partial charge in [0.1, 0.15) is 6.67 Å². The van der Waals surface area contributed by atoms with Gasteiger partial charge in [0, 0.05) is 6.04 Å². The van der Waals surface area contributed by atoms with Crippen molar-refractivity contribution >= 4 is 17.8 Å². The Morgan fingerprint density at radius 3 is 2.08 bits per heavy atom. The van der Waals surface area contributed by atoms with E-state index in [1.807, 2.05) is 0 Å². The van der Waals surface area contributed by atoms with Gasteiger partial charge < -0.3 is 10.6 Å². The maximum atomic E-state index is 12.6. The van der Waals surface area contributed by atoms with Crippen LogP contribution < -0.4 is 10.6 Å². The standard InChI is InChI=1S/C18H25N3O3/c22-16-14-11-6-7-12(9-8-11)15(14)17(23)21(16)10-19-18(24)20-13-4-2-1-3-5-13/h6-7,11-15H,1-5,8-10H2,(H2,19,20,24)/t11-,12-,14+,15+/m0/s1. The summed E-state index contributed by atoms with van der Waals surface area (Å²) in [6, 6.07) is -0.0650. The van der Waals surface area contributed by atoms with Gasteiger partial charge in [0.15, 0.2) is 0 Å². The predicted molar refractivity (Wildman–Crippen MR) is 87.6 cm³/mol. The van der Waals surface area contributed by atoms with E-state index in [4.69, 9.17) is 0 Å². The molecule has 24 heavy (non-hydrogen) atoms. The van der Waals surface area contributed by atoms with Crippen LogP contribution in [0.5, 0.6) is 0 Å². The molecule has 6 heteroatoms. The minimum Gasteiger partial charge on any atom is -0.335 e. The molecule has 3 fully saturated rings. The number of fused-ring (bicyclic) bond motifs is 1. The van der Waals surface area contributed by atoms with Gasteiger partial charge in [-0.2, -0.15) is 0 Å². The van der Waals surface area contributed by atoms with E-state index >= 15 is 0 Å². The van der Waals surface area contributed by atoms with Crippen molar-refractivity contribution in [3.05, 3.63) is 12.2 Å². The van der Waals surface area contributed by atoms with Gasteiger partial charge in [0.25, 0.3) is 0 Å². The largest absolute Gasteiger partial charge is 0.335 e. The third-order valence-electron chi connectivity index (χ3n) is 6.19. The molecular formula is C18H25N3O3. The molecule has 6 nitrogen and oxygen atoms in total. The highest BCUT2D eigenvalue weighted by molar-refractivity contribution is 6.06. The Hall–Kier alpha value is -1.85. The summed E-state index contributed by atoms with van der Waals surface area (Å²) in [7, 11) is 0. The van der Waals surface area contributed by atoms with Crippen molar-refractivity contribution in [1.29, 1.82) is 0 Å². The molecule has 5 aliphatic rings. The molecule has 1 saturated heterocycles. The summed E-state index contributed by atoms with van der Waals surface area (Å²) >= 11 is 0. The van der Waals surface area contributed by atoms with Gasteiger partial charge >= 0.3 is 6.03 Å². The fourth-order valence-electron chi connectivity index (χ4n) is 4.93. The molecule has 1 aliphatic heterocycles. The van der Waals surface area contributed by atoms with E-state index in [1.165, 1.54) is 11.3 Å². The van der Waals surface area contributed by atoms with E-state index in [1.54, 1.807) is 0 Å². The number of nitrogens with zero attached hydrogens (tertiary/aromatic N) is 1. The van der Waals surface area contributed by atoms with Crippen molar-refractivity contribution in [1.82, 2.24) is 15.5 Å². The number of hydrogen-bond acceptors (Lipinski definition) is 3. The molecule has 1 heterocycles. The molecule has 0 aromatic rings. The summed E-state index contributed by atoms with van der Waals surface area (Å²) in [6.45, 7) is -0.0113. The second kappa shape index (κ2) is 6.22. The number of rotatable bonds is 3. The zero-order valence-electron chi connectivity index (χ0n) is 13.9. The first kappa shape index (κ1) is 15.7. The number of amides is 4. The van der Waals surface area contributed by atoms with Gasteiger partial charge in [-0.25, -0.2) is 4.79 Å². The lowest BCUT2D eigenvalue weighted by Gasteiger charge is -2.38. The molecule has 2 bridgehead atoms. The SMILES string of the molecule is O=C(NCN1C(=O)[C@H]2[C@H](C1=O)[C@H]1C=C[C@H]2CC1)NC1CCCCC1.